The van der Waals surface area contributed by atoms with Gasteiger partial charge in [-0.1, -0.05) is 12.8 Å². The Hall–Kier alpha value is -1.10. The lowest BCUT2D eigenvalue weighted by Gasteiger charge is -2.26. The van der Waals surface area contributed by atoms with Crippen molar-refractivity contribution >= 4 is 11.9 Å². The summed E-state index contributed by atoms with van der Waals surface area (Å²) < 4.78 is 4.63. The fourth-order valence-corrected chi connectivity index (χ4v) is 2.38. The van der Waals surface area contributed by atoms with Gasteiger partial charge in [0.2, 0.25) is 5.91 Å². The Morgan fingerprint density at radius 2 is 1.95 bits per heavy atom. The lowest BCUT2D eigenvalue weighted by Crippen LogP contribution is -2.44. The van der Waals surface area contributed by atoms with Gasteiger partial charge >= 0.3 is 5.97 Å². The van der Waals surface area contributed by atoms with E-state index in [9.17, 15) is 9.59 Å². The van der Waals surface area contributed by atoms with Gasteiger partial charge in [0.25, 0.3) is 0 Å². The van der Waals surface area contributed by atoms with Gasteiger partial charge in [-0.25, -0.2) is 0 Å². The Balaban J connectivity index is 2.34. The summed E-state index contributed by atoms with van der Waals surface area (Å²) in [4.78, 5) is 25.1. The van der Waals surface area contributed by atoms with Crippen LogP contribution in [-0.4, -0.2) is 49.1 Å². The minimum Gasteiger partial charge on any atom is -0.469 e. The minimum atomic E-state index is -0.234. The van der Waals surface area contributed by atoms with E-state index in [1.165, 1.54) is 20.0 Å². The summed E-state index contributed by atoms with van der Waals surface area (Å²) in [6.45, 7) is 4.97. The number of ether oxygens (including phenoxy) is 1. The molecule has 0 aromatic heterocycles. The van der Waals surface area contributed by atoms with Crippen LogP contribution in [0.25, 0.3) is 0 Å². The average molecular weight is 270 g/mol. The third-order valence-electron chi connectivity index (χ3n) is 3.63. The number of methoxy groups -OCH3 is 1. The molecule has 0 unspecified atom stereocenters. The van der Waals surface area contributed by atoms with Crippen molar-refractivity contribution in [2.45, 2.75) is 58.0 Å². The Morgan fingerprint density at radius 1 is 1.32 bits per heavy atom. The lowest BCUT2D eigenvalue weighted by molar-refractivity contribution is -0.141. The largest absolute Gasteiger partial charge is 0.469 e. The number of hydrogen-bond acceptors (Lipinski definition) is 4. The smallest absolute Gasteiger partial charge is 0.306 e. The maximum absolute atomic E-state index is 12.0. The zero-order valence-corrected chi connectivity index (χ0v) is 12.3. The summed E-state index contributed by atoms with van der Waals surface area (Å²) in [6.07, 6.45) is 4.93. The molecule has 19 heavy (non-hydrogen) atoms. The van der Waals surface area contributed by atoms with E-state index in [0.29, 0.717) is 25.6 Å². The highest BCUT2D eigenvalue weighted by Gasteiger charge is 2.20. The van der Waals surface area contributed by atoms with Gasteiger partial charge in [-0.3, -0.25) is 14.5 Å². The van der Waals surface area contributed by atoms with Crippen molar-refractivity contribution in [3.05, 3.63) is 0 Å². The van der Waals surface area contributed by atoms with E-state index < -0.39 is 0 Å². The highest BCUT2D eigenvalue weighted by atomic mass is 16.5. The van der Waals surface area contributed by atoms with Gasteiger partial charge in [-0.15, -0.1) is 0 Å². The molecule has 0 aromatic rings. The Morgan fingerprint density at radius 3 is 2.47 bits per heavy atom. The average Bonchev–Trinajstić information content (AvgIpc) is 2.86. The summed E-state index contributed by atoms with van der Waals surface area (Å²) in [5.41, 5.74) is 0. The van der Waals surface area contributed by atoms with Gasteiger partial charge < -0.3 is 10.1 Å². The molecule has 0 bridgehead atoms. The van der Waals surface area contributed by atoms with E-state index >= 15 is 0 Å². The van der Waals surface area contributed by atoms with Crippen molar-refractivity contribution in [2.75, 3.05) is 20.2 Å². The number of nitrogens with one attached hydrogen (secondary N) is 1. The minimum absolute atomic E-state index is 0.0606. The van der Waals surface area contributed by atoms with Crippen LogP contribution in [0.5, 0.6) is 0 Å². The lowest BCUT2D eigenvalue weighted by atomic mass is 10.2. The number of hydrogen-bond donors (Lipinski definition) is 1. The van der Waals surface area contributed by atoms with Crippen LogP contribution in [-0.2, 0) is 14.3 Å². The molecule has 0 spiro atoms. The van der Waals surface area contributed by atoms with Gasteiger partial charge in [0.05, 0.1) is 20.1 Å². The summed E-state index contributed by atoms with van der Waals surface area (Å²) in [7, 11) is 1.38. The molecule has 0 heterocycles. The number of amides is 1. The molecule has 1 aliphatic rings. The molecule has 0 atom stereocenters. The van der Waals surface area contributed by atoms with Crippen molar-refractivity contribution in [1.29, 1.82) is 0 Å². The van der Waals surface area contributed by atoms with E-state index in [0.717, 1.165) is 12.8 Å². The fourth-order valence-electron chi connectivity index (χ4n) is 2.38. The van der Waals surface area contributed by atoms with Gasteiger partial charge in [0.15, 0.2) is 0 Å². The van der Waals surface area contributed by atoms with Crippen LogP contribution in [0, 0.1) is 0 Å². The number of nitrogens with zero attached hydrogens (tertiary/aromatic N) is 1. The van der Waals surface area contributed by atoms with Crippen LogP contribution < -0.4 is 5.32 Å². The van der Waals surface area contributed by atoms with Crippen LogP contribution in [0.15, 0.2) is 0 Å². The van der Waals surface area contributed by atoms with Crippen LogP contribution in [0.4, 0.5) is 0 Å². The SMILES string of the molecule is COC(=O)CCN(CC(=O)NC1CCCC1)C(C)C. The van der Waals surface area contributed by atoms with Crippen LogP contribution in [0.2, 0.25) is 0 Å². The highest BCUT2D eigenvalue weighted by molar-refractivity contribution is 5.78. The van der Waals surface area contributed by atoms with Crippen molar-refractivity contribution in [3.63, 3.8) is 0 Å². The molecule has 1 rings (SSSR count). The normalized spacial score (nSPS) is 16.1. The number of esters is 1. The van der Waals surface area contributed by atoms with Gasteiger partial charge in [-0.05, 0) is 26.7 Å². The van der Waals surface area contributed by atoms with E-state index in [1.54, 1.807) is 0 Å². The van der Waals surface area contributed by atoms with E-state index in [2.05, 4.69) is 10.1 Å². The molecule has 110 valence electrons. The quantitative estimate of drug-likeness (QED) is 0.709. The predicted octanol–water partition coefficient (Wildman–Crippen LogP) is 1.32. The fraction of sp³-hybridized carbons (Fsp3) is 0.857. The molecule has 1 N–H and O–H groups in total. The van der Waals surface area contributed by atoms with Crippen molar-refractivity contribution in [3.8, 4) is 0 Å². The van der Waals surface area contributed by atoms with Crippen molar-refractivity contribution in [1.82, 2.24) is 10.2 Å². The summed E-state index contributed by atoms with van der Waals surface area (Å²) in [5, 5.41) is 3.07. The van der Waals surface area contributed by atoms with Crippen LogP contribution in [0.1, 0.15) is 46.0 Å². The molecule has 5 nitrogen and oxygen atoms in total. The van der Waals surface area contributed by atoms with Crippen molar-refractivity contribution < 1.29 is 14.3 Å². The second kappa shape index (κ2) is 8.15. The second-order valence-electron chi connectivity index (χ2n) is 5.44. The molecule has 5 heteroatoms. The van der Waals surface area contributed by atoms with Crippen LogP contribution >= 0.6 is 0 Å². The standard InChI is InChI=1S/C14H26N2O3/c1-11(2)16(9-8-14(18)19-3)10-13(17)15-12-6-4-5-7-12/h11-12H,4-10H2,1-3H3,(H,15,17). The number of carbonyl (C=O) groups is 2. The number of rotatable bonds is 7. The molecule has 0 radical (unpaired) electrons. The molecule has 1 amide bonds. The van der Waals surface area contributed by atoms with Crippen LogP contribution in [0.3, 0.4) is 0 Å². The van der Waals surface area contributed by atoms with Crippen molar-refractivity contribution in [2.24, 2.45) is 0 Å². The maximum atomic E-state index is 12.0. The first kappa shape index (κ1) is 16.0. The Kier molecular flexibility index (Phi) is 6.84. The van der Waals surface area contributed by atoms with Gasteiger partial charge in [0.1, 0.15) is 0 Å². The van der Waals surface area contributed by atoms with Gasteiger partial charge in [0, 0.05) is 18.6 Å². The molecular weight excluding hydrogens is 244 g/mol. The Bertz CT molecular complexity index is 299. The summed E-state index contributed by atoms with van der Waals surface area (Å²) in [5.74, 6) is -0.174. The Labute approximate surface area is 115 Å². The third-order valence-corrected chi connectivity index (χ3v) is 3.63. The molecule has 0 saturated heterocycles. The number of carbonyl (C=O) groups excluding carboxylic acids is 2. The molecule has 1 saturated carbocycles. The predicted molar refractivity (Wildman–Crippen MR) is 73.7 cm³/mol. The van der Waals surface area contributed by atoms with E-state index in [4.69, 9.17) is 0 Å². The summed E-state index contributed by atoms with van der Waals surface area (Å²) >= 11 is 0. The first-order valence-electron chi connectivity index (χ1n) is 7.13. The monoisotopic (exact) mass is 270 g/mol. The maximum Gasteiger partial charge on any atom is 0.306 e. The molecule has 0 aliphatic heterocycles. The van der Waals surface area contributed by atoms with E-state index in [1.807, 2.05) is 18.7 Å². The molecule has 1 aliphatic carbocycles. The molecule has 0 aromatic carbocycles. The summed E-state index contributed by atoms with van der Waals surface area (Å²) in [6, 6.07) is 0.584. The highest BCUT2D eigenvalue weighted by Crippen LogP contribution is 2.17. The molecule has 1 fully saturated rings. The topological polar surface area (TPSA) is 58.6 Å². The second-order valence-corrected chi connectivity index (χ2v) is 5.44. The van der Waals surface area contributed by atoms with Gasteiger partial charge in [-0.2, -0.15) is 0 Å². The zero-order chi connectivity index (χ0) is 14.3. The third kappa shape index (κ3) is 6.05. The molecular formula is C14H26N2O3. The first-order valence-corrected chi connectivity index (χ1v) is 7.13. The first-order chi connectivity index (χ1) is 9.02. The van der Waals surface area contributed by atoms with E-state index in [-0.39, 0.29) is 17.9 Å². The zero-order valence-electron chi connectivity index (χ0n) is 12.3.